The normalized spacial score (nSPS) is 11.5. The lowest BCUT2D eigenvalue weighted by Gasteiger charge is -2.03. The molecule has 0 saturated heterocycles. The standard InChI is InChI=1S/C12H17NOS/c1-4-5-9(2)12(14)13-8-11-7-6-10(3)15-11/h5-7H,4,8H2,1-3H3,(H,13,14)/b9-5-. The molecule has 0 spiro atoms. The summed E-state index contributed by atoms with van der Waals surface area (Å²) in [7, 11) is 0. The SMILES string of the molecule is CC/C=C(/C)C(=O)NCc1ccc(C)s1. The van der Waals surface area contributed by atoms with Crippen LogP contribution in [0, 0.1) is 6.92 Å². The molecule has 1 aromatic rings. The molecule has 1 rings (SSSR count). The van der Waals surface area contributed by atoms with E-state index in [1.54, 1.807) is 11.3 Å². The Bertz CT molecular complexity index is 365. The highest BCUT2D eigenvalue weighted by Crippen LogP contribution is 2.14. The molecule has 15 heavy (non-hydrogen) atoms. The smallest absolute Gasteiger partial charge is 0.246 e. The van der Waals surface area contributed by atoms with Gasteiger partial charge in [0.15, 0.2) is 0 Å². The number of nitrogens with one attached hydrogen (secondary N) is 1. The molecule has 2 nitrogen and oxygen atoms in total. The first-order chi connectivity index (χ1) is 7.13. The largest absolute Gasteiger partial charge is 0.347 e. The van der Waals surface area contributed by atoms with Gasteiger partial charge in [0.2, 0.25) is 5.91 Å². The number of carbonyl (C=O) groups excluding carboxylic acids is 1. The van der Waals surface area contributed by atoms with Gasteiger partial charge in [-0.15, -0.1) is 11.3 Å². The lowest BCUT2D eigenvalue weighted by atomic mass is 10.2. The summed E-state index contributed by atoms with van der Waals surface area (Å²) >= 11 is 1.72. The maximum absolute atomic E-state index is 11.5. The van der Waals surface area contributed by atoms with Gasteiger partial charge in [-0.1, -0.05) is 13.0 Å². The van der Waals surface area contributed by atoms with Gasteiger partial charge in [-0.2, -0.15) is 0 Å². The van der Waals surface area contributed by atoms with E-state index < -0.39 is 0 Å². The summed E-state index contributed by atoms with van der Waals surface area (Å²) < 4.78 is 0. The molecule has 0 saturated carbocycles. The molecule has 0 atom stereocenters. The molecule has 1 heterocycles. The predicted octanol–water partition coefficient (Wildman–Crippen LogP) is 3.03. The topological polar surface area (TPSA) is 29.1 Å². The van der Waals surface area contributed by atoms with E-state index in [0.29, 0.717) is 6.54 Å². The van der Waals surface area contributed by atoms with Crippen LogP contribution in [0.3, 0.4) is 0 Å². The van der Waals surface area contributed by atoms with Crippen LogP contribution < -0.4 is 5.32 Å². The number of rotatable bonds is 4. The molecule has 0 aromatic carbocycles. The van der Waals surface area contributed by atoms with Gasteiger partial charge in [-0.25, -0.2) is 0 Å². The highest BCUT2D eigenvalue weighted by atomic mass is 32.1. The Balaban J connectivity index is 2.44. The maximum atomic E-state index is 11.5. The Hall–Kier alpha value is -1.09. The van der Waals surface area contributed by atoms with Gasteiger partial charge in [0.05, 0.1) is 6.54 Å². The molecular weight excluding hydrogens is 206 g/mol. The molecule has 0 unspecified atom stereocenters. The Labute approximate surface area is 95.0 Å². The highest BCUT2D eigenvalue weighted by Gasteiger charge is 2.03. The Kier molecular flexibility index (Phi) is 4.56. The first kappa shape index (κ1) is 12.0. The van der Waals surface area contributed by atoms with Crippen LogP contribution in [0.2, 0.25) is 0 Å². The van der Waals surface area contributed by atoms with Crippen LogP contribution in [0.1, 0.15) is 30.0 Å². The summed E-state index contributed by atoms with van der Waals surface area (Å²) in [4.78, 5) is 14.0. The fourth-order valence-corrected chi connectivity index (χ4v) is 2.12. The van der Waals surface area contributed by atoms with Gasteiger partial charge >= 0.3 is 0 Å². The third-order valence-electron chi connectivity index (χ3n) is 2.09. The van der Waals surface area contributed by atoms with Crippen LogP contribution in [0.4, 0.5) is 0 Å². The molecule has 1 N–H and O–H groups in total. The summed E-state index contributed by atoms with van der Waals surface area (Å²) in [5.74, 6) is 0.0305. The number of hydrogen-bond acceptors (Lipinski definition) is 2. The van der Waals surface area contributed by atoms with Gasteiger partial charge < -0.3 is 5.32 Å². The summed E-state index contributed by atoms with van der Waals surface area (Å²) in [5.41, 5.74) is 0.797. The van der Waals surface area contributed by atoms with E-state index in [9.17, 15) is 4.79 Å². The van der Waals surface area contributed by atoms with Gasteiger partial charge in [0.1, 0.15) is 0 Å². The van der Waals surface area contributed by atoms with Crippen molar-refractivity contribution in [2.75, 3.05) is 0 Å². The molecule has 0 aliphatic heterocycles. The summed E-state index contributed by atoms with van der Waals surface area (Å²) in [6.45, 7) is 6.57. The predicted molar refractivity (Wildman–Crippen MR) is 65.0 cm³/mol. The number of thiophene rings is 1. The summed E-state index contributed by atoms with van der Waals surface area (Å²) in [6.07, 6.45) is 2.84. The molecule has 3 heteroatoms. The van der Waals surface area contributed by atoms with E-state index in [1.807, 2.05) is 19.9 Å². The Morgan fingerprint density at radius 1 is 1.53 bits per heavy atom. The van der Waals surface area contributed by atoms with Crippen molar-refractivity contribution >= 4 is 17.2 Å². The maximum Gasteiger partial charge on any atom is 0.246 e. The monoisotopic (exact) mass is 223 g/mol. The number of allylic oxidation sites excluding steroid dienone is 1. The van der Waals surface area contributed by atoms with Gasteiger partial charge in [-0.05, 0) is 32.4 Å². The first-order valence-electron chi connectivity index (χ1n) is 5.13. The van der Waals surface area contributed by atoms with Crippen LogP contribution >= 0.6 is 11.3 Å². The van der Waals surface area contributed by atoms with Crippen molar-refractivity contribution < 1.29 is 4.79 Å². The van der Waals surface area contributed by atoms with Crippen LogP contribution in [-0.2, 0) is 11.3 Å². The van der Waals surface area contributed by atoms with Crippen LogP contribution in [-0.4, -0.2) is 5.91 Å². The molecule has 1 amide bonds. The van der Waals surface area contributed by atoms with Crippen molar-refractivity contribution in [2.24, 2.45) is 0 Å². The van der Waals surface area contributed by atoms with Crippen molar-refractivity contribution in [2.45, 2.75) is 33.7 Å². The van der Waals surface area contributed by atoms with Crippen LogP contribution in [0.5, 0.6) is 0 Å². The molecule has 0 aliphatic carbocycles. The molecule has 0 aliphatic rings. The van der Waals surface area contributed by atoms with Crippen molar-refractivity contribution in [1.82, 2.24) is 5.32 Å². The fraction of sp³-hybridized carbons (Fsp3) is 0.417. The number of hydrogen-bond donors (Lipinski definition) is 1. The molecule has 82 valence electrons. The third kappa shape index (κ3) is 3.88. The van der Waals surface area contributed by atoms with Crippen LogP contribution in [0.15, 0.2) is 23.8 Å². The molecule has 1 aromatic heterocycles. The van der Waals surface area contributed by atoms with E-state index in [0.717, 1.165) is 12.0 Å². The summed E-state index contributed by atoms with van der Waals surface area (Å²) in [6, 6.07) is 4.13. The average Bonchev–Trinajstić information content (AvgIpc) is 2.61. The minimum atomic E-state index is 0.0305. The Morgan fingerprint density at radius 2 is 2.27 bits per heavy atom. The minimum Gasteiger partial charge on any atom is -0.347 e. The van der Waals surface area contributed by atoms with Crippen molar-refractivity contribution in [3.63, 3.8) is 0 Å². The molecule has 0 fully saturated rings. The van der Waals surface area contributed by atoms with Crippen molar-refractivity contribution in [3.05, 3.63) is 33.5 Å². The van der Waals surface area contributed by atoms with Gasteiger partial charge in [-0.3, -0.25) is 4.79 Å². The average molecular weight is 223 g/mol. The van der Waals surface area contributed by atoms with E-state index >= 15 is 0 Å². The highest BCUT2D eigenvalue weighted by molar-refractivity contribution is 7.11. The van der Waals surface area contributed by atoms with E-state index in [1.165, 1.54) is 9.75 Å². The first-order valence-corrected chi connectivity index (χ1v) is 5.95. The lowest BCUT2D eigenvalue weighted by molar-refractivity contribution is -0.117. The van der Waals surface area contributed by atoms with E-state index in [4.69, 9.17) is 0 Å². The second kappa shape index (κ2) is 5.71. The van der Waals surface area contributed by atoms with Gasteiger partial charge in [0, 0.05) is 15.3 Å². The van der Waals surface area contributed by atoms with Gasteiger partial charge in [0.25, 0.3) is 0 Å². The molecule has 0 bridgehead atoms. The third-order valence-corrected chi connectivity index (χ3v) is 3.09. The number of carbonyl (C=O) groups is 1. The molecular formula is C12H17NOS. The zero-order valence-corrected chi connectivity index (χ0v) is 10.3. The minimum absolute atomic E-state index is 0.0305. The van der Waals surface area contributed by atoms with E-state index in [-0.39, 0.29) is 5.91 Å². The zero-order chi connectivity index (χ0) is 11.3. The van der Waals surface area contributed by atoms with Crippen molar-refractivity contribution in [3.8, 4) is 0 Å². The number of amides is 1. The molecule has 0 radical (unpaired) electrons. The zero-order valence-electron chi connectivity index (χ0n) is 9.46. The summed E-state index contributed by atoms with van der Waals surface area (Å²) in [5, 5.41) is 2.90. The fourth-order valence-electron chi connectivity index (χ4n) is 1.29. The van der Waals surface area contributed by atoms with E-state index in [2.05, 4.69) is 24.4 Å². The second-order valence-electron chi connectivity index (χ2n) is 3.49. The lowest BCUT2D eigenvalue weighted by Crippen LogP contribution is -2.22. The van der Waals surface area contributed by atoms with Crippen molar-refractivity contribution in [1.29, 1.82) is 0 Å². The number of aryl methyl sites for hydroxylation is 1. The van der Waals surface area contributed by atoms with Crippen LogP contribution in [0.25, 0.3) is 0 Å². The quantitative estimate of drug-likeness (QED) is 0.781. The second-order valence-corrected chi connectivity index (χ2v) is 4.86. The Morgan fingerprint density at radius 3 is 2.80 bits per heavy atom.